The summed E-state index contributed by atoms with van der Waals surface area (Å²) in [6.45, 7) is 6.46. The number of aryl methyl sites for hydroxylation is 1. The van der Waals surface area contributed by atoms with Gasteiger partial charge in [-0.1, -0.05) is 32.0 Å². The maximum atomic E-state index is 12.3. The Bertz CT molecular complexity index is 835. The Hall–Kier alpha value is -2.96. The second kappa shape index (κ2) is 6.66. The fraction of sp³-hybridized carbons (Fsp3) is 0.294. The maximum absolute atomic E-state index is 12.3. The minimum Gasteiger partial charge on any atom is -0.344 e. The van der Waals surface area contributed by atoms with Crippen molar-refractivity contribution in [2.45, 2.75) is 33.2 Å². The largest absolute Gasteiger partial charge is 0.344 e. The molecule has 0 atom stereocenters. The molecule has 0 spiro atoms. The zero-order valence-electron chi connectivity index (χ0n) is 13.9. The van der Waals surface area contributed by atoms with E-state index in [1.54, 1.807) is 16.9 Å². The number of carbonyl (C=O) groups is 1. The molecule has 0 aliphatic heterocycles. The van der Waals surface area contributed by atoms with Gasteiger partial charge in [0.25, 0.3) is 5.91 Å². The molecule has 0 bridgehead atoms. The van der Waals surface area contributed by atoms with Crippen LogP contribution in [0.25, 0.3) is 5.69 Å². The minimum atomic E-state index is -0.312. The van der Waals surface area contributed by atoms with Gasteiger partial charge in [-0.25, -0.2) is 9.67 Å². The van der Waals surface area contributed by atoms with E-state index in [1.165, 1.54) is 0 Å². The van der Waals surface area contributed by atoms with E-state index in [9.17, 15) is 4.79 Å². The number of carbonyl (C=O) groups excluding carboxylic acids is 1. The van der Waals surface area contributed by atoms with Gasteiger partial charge >= 0.3 is 0 Å². The van der Waals surface area contributed by atoms with Crippen molar-refractivity contribution >= 4 is 5.91 Å². The van der Waals surface area contributed by atoms with Crippen LogP contribution >= 0.6 is 0 Å². The third kappa shape index (κ3) is 3.19. The smallest absolute Gasteiger partial charge is 0.291 e. The number of aromatic amines is 1. The van der Waals surface area contributed by atoms with Crippen LogP contribution < -0.4 is 5.32 Å². The molecular weight excluding hydrogens is 304 g/mol. The molecule has 0 aliphatic rings. The number of aromatic nitrogens is 5. The molecule has 1 amide bonds. The quantitative estimate of drug-likeness (QED) is 0.754. The number of nitrogens with zero attached hydrogens (tertiary/aromatic N) is 4. The van der Waals surface area contributed by atoms with Crippen LogP contribution in [0.3, 0.4) is 0 Å². The zero-order chi connectivity index (χ0) is 17.1. The molecule has 0 radical (unpaired) electrons. The fourth-order valence-electron chi connectivity index (χ4n) is 2.52. The number of hydrogen-bond acceptors (Lipinski definition) is 4. The number of rotatable bonds is 5. The Kier molecular flexibility index (Phi) is 4.41. The van der Waals surface area contributed by atoms with Gasteiger partial charge in [0, 0.05) is 6.20 Å². The molecule has 7 nitrogen and oxygen atoms in total. The number of para-hydroxylation sites is 1. The number of nitrogens with one attached hydrogen (secondary N) is 2. The molecule has 7 heteroatoms. The lowest BCUT2D eigenvalue weighted by atomic mass is 10.0. The van der Waals surface area contributed by atoms with Crippen molar-refractivity contribution in [2.24, 2.45) is 0 Å². The topological polar surface area (TPSA) is 88.5 Å². The Morgan fingerprint density at radius 2 is 2.08 bits per heavy atom. The molecule has 0 saturated carbocycles. The van der Waals surface area contributed by atoms with Gasteiger partial charge in [-0.2, -0.15) is 5.10 Å². The summed E-state index contributed by atoms with van der Waals surface area (Å²) >= 11 is 0. The highest BCUT2D eigenvalue weighted by molar-refractivity contribution is 5.90. The van der Waals surface area contributed by atoms with Gasteiger partial charge in [0.05, 0.1) is 17.9 Å². The molecular formula is C17H20N6O. The molecule has 0 saturated heterocycles. The van der Waals surface area contributed by atoms with E-state index in [1.807, 2.05) is 25.1 Å². The van der Waals surface area contributed by atoms with Gasteiger partial charge in [0.15, 0.2) is 0 Å². The Morgan fingerprint density at radius 3 is 2.79 bits per heavy atom. The third-order valence-electron chi connectivity index (χ3n) is 3.76. The van der Waals surface area contributed by atoms with Gasteiger partial charge in [-0.05, 0) is 30.5 Å². The minimum absolute atomic E-state index is 0.158. The summed E-state index contributed by atoms with van der Waals surface area (Å²) < 4.78 is 1.72. The van der Waals surface area contributed by atoms with Crippen LogP contribution in [-0.2, 0) is 6.54 Å². The van der Waals surface area contributed by atoms with E-state index in [4.69, 9.17) is 0 Å². The lowest BCUT2D eigenvalue weighted by molar-refractivity contribution is 0.0940. The number of hydrogen-bond donors (Lipinski definition) is 2. The molecule has 0 fully saturated rings. The lowest BCUT2D eigenvalue weighted by Gasteiger charge is -2.12. The SMILES string of the molecule is Cc1nc(C(=O)NCc2ccn[nH]2)nn1-c1ccccc1C(C)C. The maximum Gasteiger partial charge on any atom is 0.291 e. The van der Waals surface area contributed by atoms with E-state index < -0.39 is 0 Å². The molecule has 0 aliphatic carbocycles. The predicted octanol–water partition coefficient (Wildman–Crippen LogP) is 2.35. The van der Waals surface area contributed by atoms with Crippen LogP contribution in [0.5, 0.6) is 0 Å². The Balaban J connectivity index is 1.84. The summed E-state index contributed by atoms with van der Waals surface area (Å²) in [5, 5.41) is 13.8. The Morgan fingerprint density at radius 1 is 1.29 bits per heavy atom. The lowest BCUT2D eigenvalue weighted by Crippen LogP contribution is -2.24. The van der Waals surface area contributed by atoms with Gasteiger partial charge in [-0.15, -0.1) is 5.10 Å². The molecule has 3 rings (SSSR count). The van der Waals surface area contributed by atoms with Crippen LogP contribution in [0, 0.1) is 6.92 Å². The van der Waals surface area contributed by atoms with Gasteiger partial charge < -0.3 is 5.32 Å². The highest BCUT2D eigenvalue weighted by Crippen LogP contribution is 2.23. The van der Waals surface area contributed by atoms with Crippen LogP contribution in [0.4, 0.5) is 0 Å². The van der Waals surface area contributed by atoms with E-state index in [2.05, 4.69) is 45.5 Å². The fourth-order valence-corrected chi connectivity index (χ4v) is 2.52. The molecule has 1 aromatic carbocycles. The van der Waals surface area contributed by atoms with Crippen LogP contribution in [0.15, 0.2) is 36.5 Å². The average Bonchev–Trinajstić information content (AvgIpc) is 3.22. The molecule has 2 aromatic heterocycles. The van der Waals surface area contributed by atoms with Gasteiger partial charge in [0.1, 0.15) is 5.82 Å². The van der Waals surface area contributed by atoms with Crippen LogP contribution in [0.1, 0.15) is 47.5 Å². The number of amides is 1. The summed E-state index contributed by atoms with van der Waals surface area (Å²) in [6.07, 6.45) is 1.64. The van der Waals surface area contributed by atoms with Crippen molar-refractivity contribution in [2.75, 3.05) is 0 Å². The van der Waals surface area contributed by atoms with E-state index in [-0.39, 0.29) is 11.7 Å². The Labute approximate surface area is 140 Å². The molecule has 124 valence electrons. The van der Waals surface area contributed by atoms with E-state index in [0.717, 1.165) is 16.9 Å². The normalized spacial score (nSPS) is 11.0. The first-order chi connectivity index (χ1) is 11.6. The van der Waals surface area contributed by atoms with E-state index >= 15 is 0 Å². The van der Waals surface area contributed by atoms with Crippen molar-refractivity contribution in [3.8, 4) is 5.69 Å². The van der Waals surface area contributed by atoms with E-state index in [0.29, 0.717) is 18.3 Å². The molecule has 3 aromatic rings. The van der Waals surface area contributed by atoms with Crippen molar-refractivity contribution in [3.05, 3.63) is 59.4 Å². The van der Waals surface area contributed by atoms with Crippen LogP contribution in [-0.4, -0.2) is 30.9 Å². The summed E-state index contributed by atoms with van der Waals surface area (Å²) in [6, 6.07) is 9.82. The summed E-state index contributed by atoms with van der Waals surface area (Å²) in [5.74, 6) is 0.872. The van der Waals surface area contributed by atoms with Crippen molar-refractivity contribution < 1.29 is 4.79 Å². The summed E-state index contributed by atoms with van der Waals surface area (Å²) in [4.78, 5) is 16.6. The number of H-pyrrole nitrogens is 1. The molecule has 0 unspecified atom stereocenters. The first-order valence-corrected chi connectivity index (χ1v) is 7.85. The second-order valence-electron chi connectivity index (χ2n) is 5.87. The standard InChI is InChI=1S/C17H20N6O/c1-11(2)14-6-4-5-7-15(14)23-12(3)20-16(22-23)17(24)18-10-13-8-9-19-21-13/h4-9,11H,10H2,1-3H3,(H,18,24)(H,19,21). The average molecular weight is 324 g/mol. The monoisotopic (exact) mass is 324 g/mol. The van der Waals surface area contributed by atoms with Crippen molar-refractivity contribution in [3.63, 3.8) is 0 Å². The third-order valence-corrected chi connectivity index (χ3v) is 3.76. The molecule has 24 heavy (non-hydrogen) atoms. The number of benzene rings is 1. The highest BCUT2D eigenvalue weighted by atomic mass is 16.2. The highest BCUT2D eigenvalue weighted by Gasteiger charge is 2.17. The van der Waals surface area contributed by atoms with Crippen molar-refractivity contribution in [1.29, 1.82) is 0 Å². The second-order valence-corrected chi connectivity index (χ2v) is 5.87. The van der Waals surface area contributed by atoms with Crippen molar-refractivity contribution in [1.82, 2.24) is 30.3 Å². The first-order valence-electron chi connectivity index (χ1n) is 7.85. The summed E-state index contributed by atoms with van der Waals surface area (Å²) in [5.41, 5.74) is 2.93. The first kappa shape index (κ1) is 15.9. The molecule has 2 heterocycles. The van der Waals surface area contributed by atoms with Gasteiger partial charge in [0.2, 0.25) is 5.82 Å². The van der Waals surface area contributed by atoms with Gasteiger partial charge in [-0.3, -0.25) is 9.89 Å². The predicted molar refractivity (Wildman–Crippen MR) is 89.9 cm³/mol. The zero-order valence-corrected chi connectivity index (χ0v) is 13.9. The summed E-state index contributed by atoms with van der Waals surface area (Å²) in [7, 11) is 0. The molecule has 2 N–H and O–H groups in total. The van der Waals surface area contributed by atoms with Crippen LogP contribution in [0.2, 0.25) is 0 Å².